The van der Waals surface area contributed by atoms with E-state index < -0.39 is 9.84 Å². The summed E-state index contributed by atoms with van der Waals surface area (Å²) >= 11 is 0. The number of halogens is 2. The first-order valence-corrected chi connectivity index (χ1v) is 7.65. The van der Waals surface area contributed by atoms with E-state index >= 15 is 0 Å². The topological polar surface area (TPSA) is 49.4 Å². The minimum Gasteiger partial charge on any atom is -0.315 e. The number of nitrogens with zero attached hydrogens (tertiary/aromatic N) is 1. The van der Waals surface area contributed by atoms with Crippen molar-refractivity contribution in [2.24, 2.45) is 0 Å². The van der Waals surface area contributed by atoms with Crippen LogP contribution in [0, 0.1) is 0 Å². The van der Waals surface area contributed by atoms with Gasteiger partial charge in [0, 0.05) is 19.1 Å². The van der Waals surface area contributed by atoms with Gasteiger partial charge in [0.25, 0.3) is 0 Å². The molecule has 4 nitrogen and oxygen atoms in total. The maximum atomic E-state index is 11.3. The highest BCUT2D eigenvalue weighted by atomic mass is 35.5. The average molecular weight is 305 g/mol. The van der Waals surface area contributed by atoms with Crippen LogP contribution in [0.3, 0.4) is 0 Å². The summed E-state index contributed by atoms with van der Waals surface area (Å²) in [6, 6.07) is 0.508. The summed E-state index contributed by atoms with van der Waals surface area (Å²) in [5.41, 5.74) is 0. The van der Waals surface area contributed by atoms with Crippen LogP contribution in [0.15, 0.2) is 0 Å². The monoisotopic (exact) mass is 304 g/mol. The molecule has 0 saturated carbocycles. The van der Waals surface area contributed by atoms with Gasteiger partial charge in [0.2, 0.25) is 0 Å². The van der Waals surface area contributed by atoms with Gasteiger partial charge in [-0.15, -0.1) is 24.8 Å². The predicted octanol–water partition coefficient (Wildman–Crippen LogP) is 0.702. The second-order valence-electron chi connectivity index (χ2n) is 4.52. The van der Waals surface area contributed by atoms with Crippen molar-refractivity contribution < 1.29 is 8.42 Å². The van der Waals surface area contributed by atoms with E-state index in [2.05, 4.69) is 10.2 Å². The second-order valence-corrected chi connectivity index (χ2v) is 6.83. The lowest BCUT2D eigenvalue weighted by atomic mass is 10.1. The van der Waals surface area contributed by atoms with Crippen molar-refractivity contribution in [2.75, 3.05) is 37.7 Å². The van der Waals surface area contributed by atoms with Gasteiger partial charge in [-0.3, -0.25) is 4.90 Å². The molecule has 2 heterocycles. The third-order valence-electron chi connectivity index (χ3n) is 3.42. The Morgan fingerprint density at radius 2 is 1.65 bits per heavy atom. The van der Waals surface area contributed by atoms with Crippen molar-refractivity contribution in [1.29, 1.82) is 0 Å². The maximum absolute atomic E-state index is 11.3. The van der Waals surface area contributed by atoms with Crippen LogP contribution in [0.2, 0.25) is 0 Å². The van der Waals surface area contributed by atoms with Gasteiger partial charge < -0.3 is 5.32 Å². The molecule has 0 bridgehead atoms. The highest BCUT2D eigenvalue weighted by Crippen LogP contribution is 2.18. The highest BCUT2D eigenvalue weighted by molar-refractivity contribution is 7.91. The van der Waals surface area contributed by atoms with Gasteiger partial charge in [-0.05, 0) is 32.4 Å². The SMILES string of the molecule is Cl.Cl.O=S1(=O)CCC(N2CCCNCC2)CC1. The van der Waals surface area contributed by atoms with Crippen LogP contribution in [-0.4, -0.2) is 57.0 Å². The Morgan fingerprint density at radius 3 is 2.29 bits per heavy atom. The molecule has 2 rings (SSSR count). The van der Waals surface area contributed by atoms with Gasteiger partial charge in [-0.25, -0.2) is 8.42 Å². The van der Waals surface area contributed by atoms with Crippen LogP contribution >= 0.6 is 24.8 Å². The Labute approximate surface area is 116 Å². The molecule has 17 heavy (non-hydrogen) atoms. The smallest absolute Gasteiger partial charge is 0.150 e. The van der Waals surface area contributed by atoms with Gasteiger partial charge in [-0.1, -0.05) is 0 Å². The van der Waals surface area contributed by atoms with E-state index in [1.54, 1.807) is 0 Å². The molecule has 0 atom stereocenters. The standard InChI is InChI=1S/C10H20N2O2S.2ClH/c13-15(14)8-2-10(3-9-15)12-6-1-4-11-5-7-12;;/h10-11H,1-9H2;2*1H. The molecule has 0 aromatic carbocycles. The Morgan fingerprint density at radius 1 is 1.00 bits per heavy atom. The first-order valence-electron chi connectivity index (χ1n) is 5.82. The van der Waals surface area contributed by atoms with Crippen LogP contribution in [0.25, 0.3) is 0 Å². The van der Waals surface area contributed by atoms with E-state index in [1.165, 1.54) is 6.42 Å². The van der Waals surface area contributed by atoms with Crippen LogP contribution in [0.4, 0.5) is 0 Å². The minimum absolute atomic E-state index is 0. The first-order chi connectivity index (χ1) is 7.17. The Bertz CT molecular complexity index is 289. The van der Waals surface area contributed by atoms with Gasteiger partial charge in [-0.2, -0.15) is 0 Å². The number of rotatable bonds is 1. The molecule has 0 aromatic rings. The number of sulfone groups is 1. The lowest BCUT2D eigenvalue weighted by molar-refractivity contribution is 0.195. The lowest BCUT2D eigenvalue weighted by Gasteiger charge is -2.32. The molecule has 0 unspecified atom stereocenters. The third kappa shape index (κ3) is 5.30. The van der Waals surface area contributed by atoms with Crippen molar-refractivity contribution >= 4 is 34.7 Å². The summed E-state index contributed by atoms with van der Waals surface area (Å²) in [6.07, 6.45) is 2.86. The fourth-order valence-electron chi connectivity index (χ4n) is 2.47. The first kappa shape index (κ1) is 17.4. The normalized spacial score (nSPS) is 26.4. The largest absolute Gasteiger partial charge is 0.315 e. The summed E-state index contributed by atoms with van der Waals surface area (Å²) < 4.78 is 22.6. The fourth-order valence-corrected chi connectivity index (χ4v) is 3.94. The highest BCUT2D eigenvalue weighted by Gasteiger charge is 2.27. The van der Waals surface area contributed by atoms with Crippen LogP contribution in [0.5, 0.6) is 0 Å². The number of hydrogen-bond donors (Lipinski definition) is 1. The van der Waals surface area contributed by atoms with E-state index in [0.717, 1.165) is 39.0 Å². The molecule has 1 N–H and O–H groups in total. The van der Waals surface area contributed by atoms with Crippen molar-refractivity contribution in [3.05, 3.63) is 0 Å². The summed E-state index contributed by atoms with van der Waals surface area (Å²) in [7, 11) is -2.71. The summed E-state index contributed by atoms with van der Waals surface area (Å²) in [5.74, 6) is 0.781. The maximum Gasteiger partial charge on any atom is 0.150 e. The van der Waals surface area contributed by atoms with E-state index in [1.807, 2.05) is 0 Å². The van der Waals surface area contributed by atoms with Crippen molar-refractivity contribution in [1.82, 2.24) is 10.2 Å². The van der Waals surface area contributed by atoms with Crippen molar-refractivity contribution in [2.45, 2.75) is 25.3 Å². The van der Waals surface area contributed by atoms with E-state index in [4.69, 9.17) is 0 Å². The molecular formula is C10H22Cl2N2O2S. The molecule has 104 valence electrons. The molecule has 0 spiro atoms. The Balaban J connectivity index is 0.00000128. The van der Waals surface area contributed by atoms with Crippen LogP contribution in [-0.2, 0) is 9.84 Å². The van der Waals surface area contributed by atoms with Gasteiger partial charge in [0.05, 0.1) is 11.5 Å². The van der Waals surface area contributed by atoms with Crippen LogP contribution in [0.1, 0.15) is 19.3 Å². The third-order valence-corrected chi connectivity index (χ3v) is 5.13. The molecule has 2 aliphatic heterocycles. The molecule has 0 amide bonds. The quantitative estimate of drug-likeness (QED) is 0.775. The van der Waals surface area contributed by atoms with Gasteiger partial charge >= 0.3 is 0 Å². The molecule has 0 aliphatic carbocycles. The average Bonchev–Trinajstić information content (AvgIpc) is 2.46. The molecule has 2 aliphatic rings. The molecule has 2 fully saturated rings. The fraction of sp³-hybridized carbons (Fsp3) is 1.00. The summed E-state index contributed by atoms with van der Waals surface area (Å²) in [4.78, 5) is 2.47. The summed E-state index contributed by atoms with van der Waals surface area (Å²) in [6.45, 7) is 4.34. The van der Waals surface area contributed by atoms with E-state index in [-0.39, 0.29) is 24.8 Å². The Hall–Kier alpha value is 0.450. The zero-order valence-electron chi connectivity index (χ0n) is 9.93. The molecule has 0 radical (unpaired) electrons. The Kier molecular flexibility index (Phi) is 8.00. The zero-order valence-corrected chi connectivity index (χ0v) is 12.4. The van der Waals surface area contributed by atoms with E-state index in [9.17, 15) is 8.42 Å². The zero-order chi connectivity index (χ0) is 10.7. The predicted molar refractivity (Wildman–Crippen MR) is 75.2 cm³/mol. The minimum atomic E-state index is -2.71. The molecule has 2 saturated heterocycles. The van der Waals surface area contributed by atoms with Gasteiger partial charge in [0.1, 0.15) is 9.84 Å². The molecule has 0 aromatic heterocycles. The lowest BCUT2D eigenvalue weighted by Crippen LogP contribution is -2.42. The van der Waals surface area contributed by atoms with Crippen LogP contribution < -0.4 is 5.32 Å². The van der Waals surface area contributed by atoms with Gasteiger partial charge in [0.15, 0.2) is 0 Å². The molecular weight excluding hydrogens is 283 g/mol. The number of nitrogens with one attached hydrogen (secondary N) is 1. The summed E-state index contributed by atoms with van der Waals surface area (Å²) in [5, 5.41) is 3.37. The van der Waals surface area contributed by atoms with Crippen molar-refractivity contribution in [3.8, 4) is 0 Å². The second kappa shape index (κ2) is 7.79. The number of hydrogen-bond acceptors (Lipinski definition) is 4. The van der Waals surface area contributed by atoms with Crippen molar-refractivity contribution in [3.63, 3.8) is 0 Å². The molecule has 7 heteroatoms. The van der Waals surface area contributed by atoms with E-state index in [0.29, 0.717) is 17.5 Å².